The van der Waals surface area contributed by atoms with Gasteiger partial charge in [0.1, 0.15) is 0 Å². The Morgan fingerprint density at radius 2 is 1.47 bits per heavy atom. The Morgan fingerprint density at radius 3 is 1.76 bits per heavy atom. The fourth-order valence-electron chi connectivity index (χ4n) is 2.51. The topological polar surface area (TPSA) is 29.3 Å². The smallest absolute Gasteiger partial charge is 0.00902 e. The van der Waals surface area contributed by atoms with Crippen LogP contribution < -0.4 is 5.73 Å². The van der Waals surface area contributed by atoms with E-state index in [4.69, 9.17) is 5.73 Å². The summed E-state index contributed by atoms with van der Waals surface area (Å²) in [4.78, 5) is 2.67. The SMILES string of the molecule is CCC(CC)N(CC(C)C)CC(CN)C(C)C. The maximum atomic E-state index is 5.91. The second-order valence-electron chi connectivity index (χ2n) is 6.06. The average molecular weight is 242 g/mol. The Morgan fingerprint density at radius 1 is 0.941 bits per heavy atom. The molecule has 0 aliphatic rings. The van der Waals surface area contributed by atoms with E-state index in [1.165, 1.54) is 25.9 Å². The van der Waals surface area contributed by atoms with Crippen molar-refractivity contribution in [2.24, 2.45) is 23.5 Å². The van der Waals surface area contributed by atoms with Crippen LogP contribution in [0.15, 0.2) is 0 Å². The van der Waals surface area contributed by atoms with E-state index in [0.717, 1.165) is 18.5 Å². The van der Waals surface area contributed by atoms with Gasteiger partial charge < -0.3 is 5.73 Å². The van der Waals surface area contributed by atoms with Gasteiger partial charge >= 0.3 is 0 Å². The van der Waals surface area contributed by atoms with Gasteiger partial charge in [-0.05, 0) is 37.1 Å². The molecular formula is C15H34N2. The first-order valence-electron chi connectivity index (χ1n) is 7.40. The molecule has 0 aromatic heterocycles. The number of hydrogen-bond donors (Lipinski definition) is 1. The number of nitrogens with two attached hydrogens (primary N) is 1. The van der Waals surface area contributed by atoms with Gasteiger partial charge in [-0.2, -0.15) is 0 Å². The van der Waals surface area contributed by atoms with Gasteiger partial charge in [0.15, 0.2) is 0 Å². The van der Waals surface area contributed by atoms with Crippen LogP contribution in [0.1, 0.15) is 54.4 Å². The molecule has 1 atom stereocenters. The molecule has 17 heavy (non-hydrogen) atoms. The third kappa shape index (κ3) is 6.42. The van der Waals surface area contributed by atoms with E-state index in [1.807, 2.05) is 0 Å². The van der Waals surface area contributed by atoms with Crippen molar-refractivity contribution in [1.82, 2.24) is 4.90 Å². The van der Waals surface area contributed by atoms with Crippen molar-refractivity contribution in [1.29, 1.82) is 0 Å². The molecule has 0 aromatic rings. The minimum absolute atomic E-state index is 0.634. The highest BCUT2D eigenvalue weighted by Gasteiger charge is 2.21. The third-order valence-corrected chi connectivity index (χ3v) is 3.77. The standard InChI is InChI=1S/C15H34N2/c1-7-15(8-2)17(10-12(3)4)11-14(9-16)13(5)6/h12-15H,7-11,16H2,1-6H3. The second kappa shape index (κ2) is 8.93. The summed E-state index contributed by atoms with van der Waals surface area (Å²) in [6, 6.07) is 0.727. The zero-order valence-corrected chi connectivity index (χ0v) is 12.9. The lowest BCUT2D eigenvalue weighted by Gasteiger charge is -2.35. The lowest BCUT2D eigenvalue weighted by molar-refractivity contribution is 0.127. The highest BCUT2D eigenvalue weighted by molar-refractivity contribution is 4.76. The summed E-state index contributed by atoms with van der Waals surface area (Å²) in [5.74, 6) is 2.06. The van der Waals surface area contributed by atoms with Crippen LogP contribution in [0, 0.1) is 17.8 Å². The summed E-state index contributed by atoms with van der Waals surface area (Å²) >= 11 is 0. The van der Waals surface area contributed by atoms with Crippen molar-refractivity contribution in [3.05, 3.63) is 0 Å². The van der Waals surface area contributed by atoms with E-state index < -0.39 is 0 Å². The lowest BCUT2D eigenvalue weighted by Crippen LogP contribution is -2.43. The van der Waals surface area contributed by atoms with Gasteiger partial charge in [0, 0.05) is 19.1 Å². The molecule has 1 unspecified atom stereocenters. The monoisotopic (exact) mass is 242 g/mol. The Hall–Kier alpha value is -0.0800. The minimum Gasteiger partial charge on any atom is -0.330 e. The van der Waals surface area contributed by atoms with E-state index in [9.17, 15) is 0 Å². The summed E-state index contributed by atoms with van der Waals surface area (Å²) in [6.45, 7) is 17.0. The van der Waals surface area contributed by atoms with Crippen LogP contribution in [0.4, 0.5) is 0 Å². The zero-order chi connectivity index (χ0) is 13.4. The first kappa shape index (κ1) is 16.9. The maximum Gasteiger partial charge on any atom is 0.00902 e. The number of hydrogen-bond acceptors (Lipinski definition) is 2. The van der Waals surface area contributed by atoms with E-state index in [-0.39, 0.29) is 0 Å². The molecule has 104 valence electrons. The van der Waals surface area contributed by atoms with Gasteiger partial charge in [-0.1, -0.05) is 41.5 Å². The molecular weight excluding hydrogens is 208 g/mol. The molecule has 0 fully saturated rings. The van der Waals surface area contributed by atoms with Gasteiger partial charge in [0.05, 0.1) is 0 Å². The Labute approximate surface area is 109 Å². The van der Waals surface area contributed by atoms with Crippen molar-refractivity contribution < 1.29 is 0 Å². The predicted molar refractivity (Wildman–Crippen MR) is 78.2 cm³/mol. The predicted octanol–water partition coefficient (Wildman–Crippen LogP) is 3.36. The van der Waals surface area contributed by atoms with Gasteiger partial charge in [0.25, 0.3) is 0 Å². The largest absolute Gasteiger partial charge is 0.330 e. The molecule has 2 N–H and O–H groups in total. The number of rotatable bonds is 9. The zero-order valence-electron chi connectivity index (χ0n) is 12.9. The fraction of sp³-hybridized carbons (Fsp3) is 1.00. The van der Waals surface area contributed by atoms with Crippen LogP contribution in [-0.4, -0.2) is 30.6 Å². The second-order valence-corrected chi connectivity index (χ2v) is 6.06. The van der Waals surface area contributed by atoms with Gasteiger partial charge in [0.2, 0.25) is 0 Å². The molecule has 0 spiro atoms. The van der Waals surface area contributed by atoms with Crippen LogP contribution in [0.5, 0.6) is 0 Å². The van der Waals surface area contributed by atoms with Crippen molar-refractivity contribution in [3.63, 3.8) is 0 Å². The molecule has 0 saturated carbocycles. The summed E-state index contributed by atoms with van der Waals surface area (Å²) in [7, 11) is 0. The minimum atomic E-state index is 0.634. The Kier molecular flexibility index (Phi) is 8.89. The molecule has 2 nitrogen and oxygen atoms in total. The molecule has 2 heteroatoms. The normalized spacial score (nSPS) is 14.3. The summed E-state index contributed by atoms with van der Waals surface area (Å²) in [5, 5.41) is 0. The van der Waals surface area contributed by atoms with Crippen molar-refractivity contribution >= 4 is 0 Å². The summed E-state index contributed by atoms with van der Waals surface area (Å²) in [5.41, 5.74) is 5.91. The highest BCUT2D eigenvalue weighted by Crippen LogP contribution is 2.17. The van der Waals surface area contributed by atoms with E-state index in [1.54, 1.807) is 0 Å². The van der Waals surface area contributed by atoms with Gasteiger partial charge in [-0.25, -0.2) is 0 Å². The van der Waals surface area contributed by atoms with Crippen molar-refractivity contribution in [2.75, 3.05) is 19.6 Å². The lowest BCUT2D eigenvalue weighted by atomic mass is 9.94. The fourth-order valence-corrected chi connectivity index (χ4v) is 2.51. The molecule has 0 amide bonds. The van der Waals surface area contributed by atoms with Crippen LogP contribution in [0.25, 0.3) is 0 Å². The molecule has 0 aromatic carbocycles. The van der Waals surface area contributed by atoms with Crippen LogP contribution in [0.3, 0.4) is 0 Å². The van der Waals surface area contributed by atoms with E-state index in [0.29, 0.717) is 11.8 Å². The highest BCUT2D eigenvalue weighted by atomic mass is 15.2. The summed E-state index contributed by atoms with van der Waals surface area (Å²) in [6.07, 6.45) is 2.50. The molecule has 0 rings (SSSR count). The summed E-state index contributed by atoms with van der Waals surface area (Å²) < 4.78 is 0. The molecule has 0 bridgehead atoms. The van der Waals surface area contributed by atoms with Crippen molar-refractivity contribution in [2.45, 2.75) is 60.4 Å². The maximum absolute atomic E-state index is 5.91. The Bertz CT molecular complexity index is 174. The van der Waals surface area contributed by atoms with Crippen LogP contribution >= 0.6 is 0 Å². The van der Waals surface area contributed by atoms with Gasteiger partial charge in [-0.15, -0.1) is 0 Å². The molecule has 0 aliphatic heterocycles. The Balaban J connectivity index is 4.55. The average Bonchev–Trinajstić information content (AvgIpc) is 2.25. The van der Waals surface area contributed by atoms with Crippen LogP contribution in [0.2, 0.25) is 0 Å². The van der Waals surface area contributed by atoms with Crippen LogP contribution in [-0.2, 0) is 0 Å². The van der Waals surface area contributed by atoms with Crippen molar-refractivity contribution in [3.8, 4) is 0 Å². The van der Waals surface area contributed by atoms with Gasteiger partial charge in [-0.3, -0.25) is 4.90 Å². The van der Waals surface area contributed by atoms with E-state index >= 15 is 0 Å². The van der Waals surface area contributed by atoms with E-state index in [2.05, 4.69) is 46.4 Å². The first-order valence-corrected chi connectivity index (χ1v) is 7.40. The first-order chi connectivity index (χ1) is 7.96. The number of nitrogens with zero attached hydrogens (tertiary/aromatic N) is 1. The molecule has 0 heterocycles. The molecule has 0 radical (unpaired) electrons. The molecule has 0 aliphatic carbocycles. The quantitative estimate of drug-likeness (QED) is 0.672. The third-order valence-electron chi connectivity index (χ3n) is 3.77. The molecule has 0 saturated heterocycles.